The van der Waals surface area contributed by atoms with Gasteiger partial charge in [0.1, 0.15) is 15.6 Å². The molecule has 0 unspecified atom stereocenters. The summed E-state index contributed by atoms with van der Waals surface area (Å²) in [6.45, 7) is 5.94. The third kappa shape index (κ3) is 2.74. The standard InChI is InChI=1S/C13H15N5OS2/c1-4-8-5-9-10(20-8)16-12(18-14)17-11(9)21-13-15-6(2)7(3)19-13/h5H,4,14H2,1-3H3,(H,16,17,18). The Morgan fingerprint density at radius 3 is 2.76 bits per heavy atom. The maximum Gasteiger partial charge on any atom is 0.262 e. The van der Waals surface area contributed by atoms with Crippen LogP contribution in [0.15, 0.2) is 20.7 Å². The van der Waals surface area contributed by atoms with Crippen molar-refractivity contribution >= 4 is 39.3 Å². The van der Waals surface area contributed by atoms with E-state index in [9.17, 15) is 0 Å². The summed E-state index contributed by atoms with van der Waals surface area (Å²) in [4.78, 5) is 15.4. The van der Waals surface area contributed by atoms with E-state index in [0.29, 0.717) is 11.2 Å². The van der Waals surface area contributed by atoms with Crippen LogP contribution in [-0.2, 0) is 6.42 Å². The first-order valence-electron chi connectivity index (χ1n) is 6.49. The van der Waals surface area contributed by atoms with Crippen LogP contribution >= 0.6 is 23.1 Å². The van der Waals surface area contributed by atoms with Gasteiger partial charge in [-0.1, -0.05) is 6.92 Å². The molecule has 0 bridgehead atoms. The first kappa shape index (κ1) is 14.3. The van der Waals surface area contributed by atoms with Gasteiger partial charge in [0.15, 0.2) is 0 Å². The number of hydrogen-bond donors (Lipinski definition) is 2. The van der Waals surface area contributed by atoms with Gasteiger partial charge in [-0.15, -0.1) is 11.3 Å². The highest BCUT2D eigenvalue weighted by Crippen LogP contribution is 2.36. The molecule has 0 aliphatic rings. The number of anilines is 1. The molecular weight excluding hydrogens is 306 g/mol. The maximum atomic E-state index is 5.62. The van der Waals surface area contributed by atoms with Gasteiger partial charge in [0, 0.05) is 10.3 Å². The third-order valence-corrected chi connectivity index (χ3v) is 5.11. The Hall–Kier alpha value is -1.64. The van der Waals surface area contributed by atoms with Gasteiger partial charge in [-0.3, -0.25) is 5.43 Å². The van der Waals surface area contributed by atoms with Gasteiger partial charge in [-0.2, -0.15) is 0 Å². The van der Waals surface area contributed by atoms with Crippen molar-refractivity contribution in [3.8, 4) is 0 Å². The third-order valence-electron chi connectivity index (χ3n) is 3.08. The van der Waals surface area contributed by atoms with E-state index in [-0.39, 0.29) is 0 Å². The molecule has 0 spiro atoms. The van der Waals surface area contributed by atoms with Crippen LogP contribution in [-0.4, -0.2) is 15.0 Å². The van der Waals surface area contributed by atoms with Gasteiger partial charge < -0.3 is 4.42 Å². The van der Waals surface area contributed by atoms with Crippen molar-refractivity contribution in [1.29, 1.82) is 0 Å². The Morgan fingerprint density at radius 2 is 2.14 bits per heavy atom. The molecule has 8 heteroatoms. The molecule has 0 aromatic carbocycles. The van der Waals surface area contributed by atoms with E-state index in [1.807, 2.05) is 13.8 Å². The van der Waals surface area contributed by atoms with Crippen molar-refractivity contribution in [3.05, 3.63) is 22.4 Å². The first-order chi connectivity index (χ1) is 10.1. The molecule has 0 aliphatic heterocycles. The van der Waals surface area contributed by atoms with Crippen molar-refractivity contribution in [3.63, 3.8) is 0 Å². The lowest BCUT2D eigenvalue weighted by molar-refractivity contribution is 0.431. The Labute approximate surface area is 130 Å². The average molecular weight is 321 g/mol. The minimum absolute atomic E-state index is 0.398. The number of aromatic nitrogens is 3. The second-order valence-electron chi connectivity index (χ2n) is 4.51. The molecule has 6 nitrogen and oxygen atoms in total. The number of aryl methyl sites for hydroxylation is 3. The largest absolute Gasteiger partial charge is 0.436 e. The van der Waals surface area contributed by atoms with E-state index in [4.69, 9.17) is 10.3 Å². The highest BCUT2D eigenvalue weighted by Gasteiger charge is 2.15. The molecule has 0 amide bonds. The molecule has 3 heterocycles. The number of hydrazine groups is 1. The van der Waals surface area contributed by atoms with Gasteiger partial charge >= 0.3 is 0 Å². The number of fused-ring (bicyclic) bond motifs is 1. The van der Waals surface area contributed by atoms with Crippen LogP contribution in [0.2, 0.25) is 0 Å². The molecule has 0 saturated heterocycles. The van der Waals surface area contributed by atoms with Crippen molar-refractivity contribution in [2.75, 3.05) is 5.43 Å². The second-order valence-corrected chi connectivity index (χ2v) is 6.56. The summed E-state index contributed by atoms with van der Waals surface area (Å²) in [5, 5.41) is 2.39. The lowest BCUT2D eigenvalue weighted by atomic mass is 10.3. The Balaban J connectivity index is 2.08. The van der Waals surface area contributed by atoms with Crippen LogP contribution < -0.4 is 11.3 Å². The minimum atomic E-state index is 0.398. The predicted octanol–water partition coefficient (Wildman–Crippen LogP) is 3.30. The van der Waals surface area contributed by atoms with Crippen molar-refractivity contribution < 1.29 is 4.42 Å². The van der Waals surface area contributed by atoms with Crippen LogP contribution in [0.3, 0.4) is 0 Å². The molecule has 0 saturated carbocycles. The molecule has 3 rings (SSSR count). The quantitative estimate of drug-likeness (QED) is 0.433. The van der Waals surface area contributed by atoms with Gasteiger partial charge in [0.2, 0.25) is 5.95 Å². The molecule has 0 fully saturated rings. The molecule has 3 N–H and O–H groups in total. The number of nitrogen functional groups attached to an aromatic ring is 1. The molecule has 3 aromatic rings. The zero-order chi connectivity index (χ0) is 15.0. The first-order valence-corrected chi connectivity index (χ1v) is 8.13. The summed E-state index contributed by atoms with van der Waals surface area (Å²) >= 11 is 3.04. The second kappa shape index (κ2) is 5.63. The van der Waals surface area contributed by atoms with Gasteiger partial charge in [0.25, 0.3) is 5.22 Å². The summed E-state index contributed by atoms with van der Waals surface area (Å²) in [7, 11) is 0. The lowest BCUT2D eigenvalue weighted by Gasteiger charge is -2.02. The van der Waals surface area contributed by atoms with Crippen molar-refractivity contribution in [1.82, 2.24) is 15.0 Å². The minimum Gasteiger partial charge on any atom is -0.436 e. The molecule has 3 aromatic heterocycles. The zero-order valence-corrected chi connectivity index (χ0v) is 13.6. The average Bonchev–Trinajstić information content (AvgIpc) is 3.02. The smallest absolute Gasteiger partial charge is 0.262 e. The summed E-state index contributed by atoms with van der Waals surface area (Å²) in [6.07, 6.45) is 0.966. The molecule has 110 valence electrons. The normalized spacial score (nSPS) is 11.2. The molecule has 0 atom stereocenters. The number of nitrogens with two attached hydrogens (primary N) is 1. The van der Waals surface area contributed by atoms with E-state index >= 15 is 0 Å². The lowest BCUT2D eigenvalue weighted by Crippen LogP contribution is -2.10. The van der Waals surface area contributed by atoms with Crippen LogP contribution in [0, 0.1) is 13.8 Å². The van der Waals surface area contributed by atoms with Crippen LogP contribution in [0.1, 0.15) is 23.3 Å². The summed E-state index contributed by atoms with van der Waals surface area (Å²) in [5.41, 5.74) is 3.40. The van der Waals surface area contributed by atoms with E-state index in [2.05, 4.69) is 33.4 Å². The summed E-state index contributed by atoms with van der Waals surface area (Å²) in [5.74, 6) is 6.67. The molecule has 0 radical (unpaired) electrons. The van der Waals surface area contributed by atoms with Crippen molar-refractivity contribution in [2.45, 2.75) is 37.4 Å². The highest BCUT2D eigenvalue weighted by atomic mass is 32.2. The summed E-state index contributed by atoms with van der Waals surface area (Å²) < 4.78 is 5.62. The predicted molar refractivity (Wildman–Crippen MR) is 84.7 cm³/mol. The number of thiophene rings is 1. The zero-order valence-electron chi connectivity index (χ0n) is 11.9. The monoisotopic (exact) mass is 321 g/mol. The van der Waals surface area contributed by atoms with Gasteiger partial charge in [-0.25, -0.2) is 20.8 Å². The Kier molecular flexibility index (Phi) is 3.83. The van der Waals surface area contributed by atoms with Gasteiger partial charge in [0.05, 0.1) is 5.69 Å². The van der Waals surface area contributed by atoms with E-state index in [1.165, 1.54) is 16.6 Å². The van der Waals surface area contributed by atoms with E-state index in [0.717, 1.165) is 33.1 Å². The van der Waals surface area contributed by atoms with Crippen molar-refractivity contribution in [2.24, 2.45) is 5.84 Å². The maximum absolute atomic E-state index is 5.62. The molecular formula is C13H15N5OS2. The number of oxazole rings is 1. The SMILES string of the molecule is CCc1cc2c(Sc3nc(C)c(C)o3)nc(NN)nc2s1. The number of nitrogens with one attached hydrogen (secondary N) is 1. The topological polar surface area (TPSA) is 89.9 Å². The number of rotatable bonds is 4. The molecule has 21 heavy (non-hydrogen) atoms. The Bertz CT molecular complexity index is 776. The van der Waals surface area contributed by atoms with Crippen LogP contribution in [0.4, 0.5) is 5.95 Å². The van der Waals surface area contributed by atoms with E-state index in [1.54, 1.807) is 11.3 Å². The van der Waals surface area contributed by atoms with Gasteiger partial charge in [-0.05, 0) is 38.1 Å². The number of hydrogen-bond acceptors (Lipinski definition) is 8. The Morgan fingerprint density at radius 1 is 1.33 bits per heavy atom. The fourth-order valence-electron chi connectivity index (χ4n) is 1.83. The van der Waals surface area contributed by atoms with Crippen LogP contribution in [0.5, 0.6) is 0 Å². The highest BCUT2D eigenvalue weighted by molar-refractivity contribution is 7.99. The van der Waals surface area contributed by atoms with Crippen LogP contribution in [0.25, 0.3) is 10.2 Å². The fraction of sp³-hybridized carbons (Fsp3) is 0.308. The summed E-state index contributed by atoms with van der Waals surface area (Å²) in [6, 6.07) is 2.12. The van der Waals surface area contributed by atoms with E-state index < -0.39 is 0 Å². The fourth-order valence-corrected chi connectivity index (χ4v) is 3.78. The molecule has 0 aliphatic carbocycles. The number of nitrogens with zero attached hydrogens (tertiary/aromatic N) is 3.